The second kappa shape index (κ2) is 10.7. The van der Waals surface area contributed by atoms with Gasteiger partial charge in [0.05, 0.1) is 19.9 Å². The number of benzene rings is 1. The zero-order valence-corrected chi connectivity index (χ0v) is 18.6. The Morgan fingerprint density at radius 1 is 1.21 bits per heavy atom. The molecule has 0 aliphatic carbocycles. The summed E-state index contributed by atoms with van der Waals surface area (Å²) in [5, 5.41) is 5.88. The fraction of sp³-hybridized carbons (Fsp3) is 0.364. The molecule has 0 atom stereocenters. The van der Waals surface area contributed by atoms with Crippen molar-refractivity contribution in [2.75, 3.05) is 33.9 Å². The molecule has 0 unspecified atom stereocenters. The quantitative estimate of drug-likeness (QED) is 0.376. The lowest BCUT2D eigenvalue weighted by Crippen LogP contribution is -2.52. The van der Waals surface area contributed by atoms with Crippen LogP contribution in [0.4, 0.5) is 4.79 Å². The second-order valence-electron chi connectivity index (χ2n) is 7.32. The van der Waals surface area contributed by atoms with Crippen LogP contribution in [0, 0.1) is 0 Å². The van der Waals surface area contributed by atoms with Crippen molar-refractivity contribution in [3.63, 3.8) is 0 Å². The molecule has 2 heterocycles. The Labute approximate surface area is 191 Å². The number of aromatic nitrogens is 2. The highest BCUT2D eigenvalue weighted by Gasteiger charge is 2.36. The summed E-state index contributed by atoms with van der Waals surface area (Å²) in [7, 11) is 2.75. The van der Waals surface area contributed by atoms with Crippen LogP contribution < -0.4 is 10.6 Å². The average molecular weight is 457 g/mol. The number of hydrogen-bond donors (Lipinski definition) is 1. The molecule has 1 fully saturated rings. The van der Waals surface area contributed by atoms with Crippen LogP contribution in [0.1, 0.15) is 33.8 Å². The number of hydrogen-bond acceptors (Lipinski definition) is 9. The largest absolute Gasteiger partial charge is 0.497 e. The lowest BCUT2D eigenvalue weighted by molar-refractivity contribution is 0.0487. The van der Waals surface area contributed by atoms with Gasteiger partial charge in [-0.25, -0.2) is 24.2 Å². The molecule has 0 radical (unpaired) electrons. The first kappa shape index (κ1) is 24.0. The van der Waals surface area contributed by atoms with E-state index in [1.165, 1.54) is 31.0 Å². The molecule has 1 saturated heterocycles. The molecule has 176 valence electrons. The molecule has 1 aromatic carbocycles. The summed E-state index contributed by atoms with van der Waals surface area (Å²) >= 11 is 0. The van der Waals surface area contributed by atoms with Crippen LogP contribution >= 0.6 is 0 Å². The molecule has 1 aromatic heterocycles. The molecule has 0 bridgehead atoms. The number of imide groups is 1. The minimum absolute atomic E-state index is 0.00583. The van der Waals surface area contributed by atoms with Crippen LogP contribution in [0.3, 0.4) is 0 Å². The monoisotopic (exact) mass is 457 g/mol. The third-order valence-electron chi connectivity index (χ3n) is 5.24. The fourth-order valence-electron chi connectivity index (χ4n) is 3.52. The number of esters is 1. The Kier molecular flexibility index (Phi) is 7.80. The molecule has 33 heavy (non-hydrogen) atoms. The first-order valence-electron chi connectivity index (χ1n) is 10.3. The van der Waals surface area contributed by atoms with Crippen molar-refractivity contribution in [3.05, 3.63) is 54.4 Å². The number of piperidine rings is 1. The van der Waals surface area contributed by atoms with E-state index in [4.69, 9.17) is 20.1 Å². The van der Waals surface area contributed by atoms with Gasteiger partial charge in [-0.3, -0.25) is 10.6 Å². The lowest BCUT2D eigenvalue weighted by atomic mass is 10.0. The Morgan fingerprint density at radius 2 is 1.88 bits per heavy atom. The van der Waals surface area contributed by atoms with Gasteiger partial charge in [-0.05, 0) is 37.1 Å². The van der Waals surface area contributed by atoms with Crippen LogP contribution in [0.25, 0.3) is 5.69 Å². The maximum Gasteiger partial charge on any atom is 0.417 e. The van der Waals surface area contributed by atoms with Gasteiger partial charge in [0, 0.05) is 25.2 Å². The third-order valence-corrected chi connectivity index (χ3v) is 5.24. The molecule has 3 rings (SSSR count). The first-order valence-corrected chi connectivity index (χ1v) is 10.3. The van der Waals surface area contributed by atoms with E-state index in [9.17, 15) is 14.4 Å². The SMILES string of the molecule is C=CCOC(=O)N(C(=O)c1cc(C(=O)OC)nn1-c1ccc(OC)cc1)C1CCN(N)CC1. The Balaban J connectivity index is 2.04. The molecule has 1 aliphatic heterocycles. The highest BCUT2D eigenvalue weighted by Crippen LogP contribution is 2.23. The molecule has 1 aliphatic rings. The van der Waals surface area contributed by atoms with Crippen LogP contribution in [0.2, 0.25) is 0 Å². The summed E-state index contributed by atoms with van der Waals surface area (Å²) in [4.78, 5) is 39.8. The van der Waals surface area contributed by atoms with Crippen LogP contribution in [-0.2, 0) is 9.47 Å². The number of methoxy groups -OCH3 is 2. The third kappa shape index (κ3) is 5.38. The molecular weight excluding hydrogens is 430 g/mol. The van der Waals surface area contributed by atoms with E-state index < -0.39 is 24.0 Å². The van der Waals surface area contributed by atoms with E-state index in [1.807, 2.05) is 0 Å². The smallest absolute Gasteiger partial charge is 0.417 e. The maximum absolute atomic E-state index is 13.7. The number of carbonyl (C=O) groups excluding carboxylic acids is 3. The summed E-state index contributed by atoms with van der Waals surface area (Å²) in [6, 6.07) is 7.60. The van der Waals surface area contributed by atoms with Crippen molar-refractivity contribution < 1.29 is 28.6 Å². The van der Waals surface area contributed by atoms with E-state index in [0.717, 1.165) is 4.90 Å². The number of rotatable bonds is 7. The minimum atomic E-state index is -0.808. The van der Waals surface area contributed by atoms with Crippen molar-refractivity contribution in [1.82, 2.24) is 19.7 Å². The number of nitrogens with two attached hydrogens (primary N) is 1. The normalized spacial score (nSPS) is 14.4. The molecule has 2 amide bonds. The van der Waals surface area contributed by atoms with Crippen LogP contribution in [0.15, 0.2) is 43.0 Å². The van der Waals surface area contributed by atoms with Crippen molar-refractivity contribution in [3.8, 4) is 11.4 Å². The molecule has 11 nitrogen and oxygen atoms in total. The summed E-state index contributed by atoms with van der Waals surface area (Å²) in [6.07, 6.45) is 1.57. The Bertz CT molecular complexity index is 1010. The van der Waals surface area contributed by atoms with Crippen molar-refractivity contribution in [2.24, 2.45) is 5.84 Å². The van der Waals surface area contributed by atoms with E-state index in [0.29, 0.717) is 37.4 Å². The summed E-state index contributed by atoms with van der Waals surface area (Å²) in [5.41, 5.74) is 0.421. The molecule has 0 spiro atoms. The molecule has 0 saturated carbocycles. The maximum atomic E-state index is 13.7. The zero-order chi connectivity index (χ0) is 24.0. The van der Waals surface area contributed by atoms with Crippen molar-refractivity contribution in [1.29, 1.82) is 0 Å². The van der Waals surface area contributed by atoms with Gasteiger partial charge < -0.3 is 14.2 Å². The van der Waals surface area contributed by atoms with Crippen molar-refractivity contribution in [2.45, 2.75) is 18.9 Å². The molecular formula is C22H27N5O6. The van der Waals surface area contributed by atoms with Gasteiger partial charge in [0.15, 0.2) is 5.69 Å². The van der Waals surface area contributed by atoms with E-state index in [1.54, 1.807) is 29.3 Å². The zero-order valence-electron chi connectivity index (χ0n) is 18.6. The number of nitrogens with zero attached hydrogens (tertiary/aromatic N) is 4. The molecule has 11 heteroatoms. The van der Waals surface area contributed by atoms with Gasteiger partial charge in [-0.2, -0.15) is 5.10 Å². The Morgan fingerprint density at radius 3 is 2.45 bits per heavy atom. The predicted octanol–water partition coefficient (Wildman–Crippen LogP) is 1.77. The van der Waals surface area contributed by atoms with Crippen molar-refractivity contribution >= 4 is 18.0 Å². The second-order valence-corrected chi connectivity index (χ2v) is 7.32. The van der Waals surface area contributed by atoms with Gasteiger partial charge >= 0.3 is 12.1 Å². The number of amides is 2. The number of carbonyl (C=O) groups is 3. The first-order chi connectivity index (χ1) is 15.9. The lowest BCUT2D eigenvalue weighted by Gasteiger charge is -2.35. The van der Waals surface area contributed by atoms with E-state index in [-0.39, 0.29) is 18.0 Å². The summed E-state index contributed by atoms with van der Waals surface area (Å²) in [5.74, 6) is 5.08. The topological polar surface area (TPSA) is 129 Å². The number of ether oxygens (including phenoxy) is 3. The van der Waals surface area contributed by atoms with Gasteiger partial charge in [0.25, 0.3) is 5.91 Å². The van der Waals surface area contributed by atoms with Gasteiger partial charge in [-0.15, -0.1) is 0 Å². The minimum Gasteiger partial charge on any atom is -0.497 e. The highest BCUT2D eigenvalue weighted by molar-refractivity contribution is 6.04. The van der Waals surface area contributed by atoms with E-state index >= 15 is 0 Å². The Hall–Kier alpha value is -3.70. The molecule has 2 N–H and O–H groups in total. The fourth-order valence-corrected chi connectivity index (χ4v) is 3.52. The summed E-state index contributed by atoms with van der Waals surface area (Å²) < 4.78 is 16.4. The standard InChI is InChI=1S/C22H27N5O6/c1-4-13-33-22(30)26(15-9-11-25(23)12-10-15)20(28)19-14-18(21(29)32-3)24-27(19)16-5-7-17(31-2)8-6-16/h4-8,14-15H,1,9-13,23H2,2-3H3. The van der Waals surface area contributed by atoms with E-state index in [2.05, 4.69) is 11.7 Å². The van der Waals surface area contributed by atoms with Gasteiger partial charge in [0.1, 0.15) is 18.1 Å². The predicted molar refractivity (Wildman–Crippen MR) is 118 cm³/mol. The summed E-state index contributed by atoms with van der Waals surface area (Å²) in [6.45, 7) is 4.50. The highest BCUT2D eigenvalue weighted by atomic mass is 16.6. The van der Waals surface area contributed by atoms with Crippen LogP contribution in [0.5, 0.6) is 5.75 Å². The van der Waals surface area contributed by atoms with Crippen LogP contribution in [-0.4, -0.2) is 77.6 Å². The van der Waals surface area contributed by atoms with Gasteiger partial charge in [0.2, 0.25) is 0 Å². The average Bonchev–Trinajstić information content (AvgIpc) is 3.29. The van der Waals surface area contributed by atoms with Gasteiger partial charge in [-0.1, -0.05) is 12.7 Å². The number of hydrazine groups is 1. The molecule has 2 aromatic rings.